The van der Waals surface area contributed by atoms with Gasteiger partial charge in [-0.3, -0.25) is 9.59 Å². The van der Waals surface area contributed by atoms with Gasteiger partial charge in [-0.2, -0.15) is 0 Å². The summed E-state index contributed by atoms with van der Waals surface area (Å²) in [7, 11) is 0. The van der Waals surface area contributed by atoms with Crippen LogP contribution in [0, 0.1) is 11.7 Å². The average molecular weight is 334 g/mol. The van der Waals surface area contributed by atoms with E-state index >= 15 is 0 Å². The summed E-state index contributed by atoms with van der Waals surface area (Å²) in [5.41, 5.74) is 0.0770. The first-order valence-corrected chi connectivity index (χ1v) is 7.39. The molecule has 1 aliphatic rings. The van der Waals surface area contributed by atoms with Crippen molar-refractivity contribution in [3.8, 4) is 5.75 Å². The molecule has 0 bridgehead atoms. The van der Waals surface area contributed by atoms with E-state index in [0.717, 1.165) is 0 Å². The van der Waals surface area contributed by atoms with Crippen LogP contribution in [-0.2, 0) is 11.4 Å². The molecule has 2 heterocycles. The van der Waals surface area contributed by atoms with E-state index in [2.05, 4.69) is 5.16 Å². The Bertz CT molecular complexity index is 760. The number of para-hydroxylation sites is 1. The Morgan fingerprint density at radius 3 is 2.92 bits per heavy atom. The number of likely N-dealkylation sites (tertiary alicyclic amines) is 1. The van der Waals surface area contributed by atoms with Gasteiger partial charge in [-0.05, 0) is 18.6 Å². The van der Waals surface area contributed by atoms with Gasteiger partial charge in [-0.15, -0.1) is 0 Å². The Balaban J connectivity index is 1.60. The van der Waals surface area contributed by atoms with Gasteiger partial charge in [-0.25, -0.2) is 4.39 Å². The van der Waals surface area contributed by atoms with Crippen molar-refractivity contribution in [2.75, 3.05) is 13.1 Å². The van der Waals surface area contributed by atoms with Crippen molar-refractivity contribution >= 4 is 11.9 Å². The van der Waals surface area contributed by atoms with E-state index in [9.17, 15) is 14.0 Å². The first kappa shape index (κ1) is 16.0. The molecule has 8 heteroatoms. The highest BCUT2D eigenvalue weighted by molar-refractivity contribution is 5.92. The number of carbonyl (C=O) groups excluding carboxylic acids is 1. The summed E-state index contributed by atoms with van der Waals surface area (Å²) in [6.07, 6.45) is 0.419. The van der Waals surface area contributed by atoms with Crippen molar-refractivity contribution in [3.05, 3.63) is 47.6 Å². The summed E-state index contributed by atoms with van der Waals surface area (Å²) < 4.78 is 23.8. The molecule has 0 aliphatic carbocycles. The quantitative estimate of drug-likeness (QED) is 0.898. The van der Waals surface area contributed by atoms with E-state index in [1.54, 1.807) is 12.1 Å². The number of carboxylic acids is 1. The highest BCUT2D eigenvalue weighted by Crippen LogP contribution is 2.20. The molecule has 1 unspecified atom stereocenters. The molecule has 1 amide bonds. The molecule has 1 aromatic carbocycles. The van der Waals surface area contributed by atoms with Crippen LogP contribution in [0.3, 0.4) is 0 Å². The number of ether oxygens (including phenoxy) is 1. The summed E-state index contributed by atoms with van der Waals surface area (Å²) in [6.45, 7) is 0.449. The molecule has 0 radical (unpaired) electrons. The predicted molar refractivity (Wildman–Crippen MR) is 78.9 cm³/mol. The van der Waals surface area contributed by atoms with Gasteiger partial charge in [0, 0.05) is 19.2 Å². The van der Waals surface area contributed by atoms with E-state index in [4.69, 9.17) is 14.4 Å². The summed E-state index contributed by atoms with van der Waals surface area (Å²) in [4.78, 5) is 24.6. The largest absolute Gasteiger partial charge is 0.482 e. The highest BCUT2D eigenvalue weighted by Gasteiger charge is 2.32. The van der Waals surface area contributed by atoms with Crippen LogP contribution in [-0.4, -0.2) is 40.1 Å². The minimum absolute atomic E-state index is 0.0705. The lowest BCUT2D eigenvalue weighted by atomic mass is 10.1. The van der Waals surface area contributed by atoms with Gasteiger partial charge < -0.3 is 19.3 Å². The van der Waals surface area contributed by atoms with Crippen LogP contribution < -0.4 is 4.74 Å². The normalized spacial score (nSPS) is 17.0. The van der Waals surface area contributed by atoms with Gasteiger partial charge in [0.15, 0.2) is 23.0 Å². The molecule has 1 fully saturated rings. The van der Waals surface area contributed by atoms with Gasteiger partial charge in [0.05, 0.1) is 5.92 Å². The number of aromatic nitrogens is 1. The number of amides is 1. The molecule has 2 aromatic rings. The number of nitrogens with zero attached hydrogens (tertiary/aromatic N) is 2. The van der Waals surface area contributed by atoms with E-state index in [1.165, 1.54) is 23.1 Å². The molecule has 24 heavy (non-hydrogen) atoms. The fourth-order valence-electron chi connectivity index (χ4n) is 2.50. The summed E-state index contributed by atoms with van der Waals surface area (Å²) in [6, 6.07) is 7.36. The van der Waals surface area contributed by atoms with Gasteiger partial charge in [0.1, 0.15) is 6.61 Å². The molecule has 1 saturated heterocycles. The third kappa shape index (κ3) is 3.37. The lowest BCUT2D eigenvalue weighted by Gasteiger charge is -2.13. The number of hydrogen-bond donors (Lipinski definition) is 1. The van der Waals surface area contributed by atoms with E-state index in [1.807, 2.05) is 0 Å². The Hall–Kier alpha value is -2.90. The van der Waals surface area contributed by atoms with Crippen LogP contribution in [0.2, 0.25) is 0 Å². The lowest BCUT2D eigenvalue weighted by Crippen LogP contribution is -2.30. The maximum Gasteiger partial charge on any atom is 0.308 e. The second-order valence-corrected chi connectivity index (χ2v) is 5.47. The number of carboxylic acid groups (broad SMARTS) is 1. The van der Waals surface area contributed by atoms with Crippen LogP contribution in [0.15, 0.2) is 34.9 Å². The van der Waals surface area contributed by atoms with E-state index in [-0.39, 0.29) is 36.3 Å². The fourth-order valence-corrected chi connectivity index (χ4v) is 2.50. The lowest BCUT2D eigenvalue weighted by molar-refractivity contribution is -0.141. The molecule has 0 spiro atoms. The predicted octanol–water partition coefficient (Wildman–Crippen LogP) is 1.94. The van der Waals surface area contributed by atoms with Crippen LogP contribution in [0.4, 0.5) is 4.39 Å². The topological polar surface area (TPSA) is 92.9 Å². The van der Waals surface area contributed by atoms with E-state index < -0.39 is 17.7 Å². The molecule has 0 saturated carbocycles. The first-order chi connectivity index (χ1) is 11.5. The van der Waals surface area contributed by atoms with Gasteiger partial charge in [-0.1, -0.05) is 17.3 Å². The van der Waals surface area contributed by atoms with Gasteiger partial charge in [0.2, 0.25) is 0 Å². The van der Waals surface area contributed by atoms with Crippen molar-refractivity contribution < 1.29 is 28.3 Å². The third-order valence-corrected chi connectivity index (χ3v) is 3.81. The fraction of sp³-hybridized carbons (Fsp3) is 0.312. The zero-order valence-electron chi connectivity index (χ0n) is 12.6. The average Bonchev–Trinajstić information content (AvgIpc) is 3.23. The van der Waals surface area contributed by atoms with Crippen molar-refractivity contribution in [2.45, 2.75) is 13.0 Å². The van der Waals surface area contributed by atoms with Crippen molar-refractivity contribution in [1.29, 1.82) is 0 Å². The maximum atomic E-state index is 13.5. The van der Waals surface area contributed by atoms with Gasteiger partial charge >= 0.3 is 5.97 Å². The Kier molecular flexibility index (Phi) is 4.45. The maximum absolute atomic E-state index is 13.5. The van der Waals surface area contributed by atoms with Crippen LogP contribution in [0.5, 0.6) is 5.75 Å². The van der Waals surface area contributed by atoms with Crippen molar-refractivity contribution in [3.63, 3.8) is 0 Å². The Morgan fingerprint density at radius 1 is 1.42 bits per heavy atom. The smallest absolute Gasteiger partial charge is 0.308 e. The zero-order valence-corrected chi connectivity index (χ0v) is 12.6. The monoisotopic (exact) mass is 334 g/mol. The molecule has 3 rings (SSSR count). The molecule has 1 aromatic heterocycles. The van der Waals surface area contributed by atoms with E-state index in [0.29, 0.717) is 13.0 Å². The molecule has 126 valence electrons. The Labute approximate surface area is 136 Å². The number of aliphatic carboxylic acids is 1. The second-order valence-electron chi connectivity index (χ2n) is 5.47. The van der Waals surface area contributed by atoms with Crippen molar-refractivity contribution in [2.24, 2.45) is 5.92 Å². The molecule has 7 nitrogen and oxygen atoms in total. The SMILES string of the molecule is O=C(O)C1CCN(C(=O)c2cc(COc3ccccc3F)on2)C1. The van der Waals surface area contributed by atoms with Gasteiger partial charge in [0.25, 0.3) is 5.91 Å². The molecule has 1 aliphatic heterocycles. The summed E-state index contributed by atoms with van der Waals surface area (Å²) >= 11 is 0. The van der Waals surface area contributed by atoms with Crippen molar-refractivity contribution in [1.82, 2.24) is 10.1 Å². The number of carbonyl (C=O) groups is 2. The molecule has 1 atom stereocenters. The van der Waals surface area contributed by atoms with Crippen LogP contribution in [0.25, 0.3) is 0 Å². The highest BCUT2D eigenvalue weighted by atomic mass is 19.1. The zero-order chi connectivity index (χ0) is 17.1. The molecular formula is C16H15FN2O5. The first-order valence-electron chi connectivity index (χ1n) is 7.39. The summed E-state index contributed by atoms with van der Waals surface area (Å²) in [5.74, 6) is -2.00. The number of benzene rings is 1. The summed E-state index contributed by atoms with van der Waals surface area (Å²) in [5, 5.41) is 12.6. The standard InChI is InChI=1S/C16H15FN2O5/c17-12-3-1-2-4-14(12)23-9-11-7-13(18-24-11)15(20)19-6-5-10(8-19)16(21)22/h1-4,7,10H,5-6,8-9H2,(H,21,22). The number of hydrogen-bond acceptors (Lipinski definition) is 5. The van der Waals surface area contributed by atoms with Crippen LogP contribution >= 0.6 is 0 Å². The third-order valence-electron chi connectivity index (χ3n) is 3.81. The number of rotatable bonds is 5. The molecule has 1 N–H and O–H groups in total. The Morgan fingerprint density at radius 2 is 2.21 bits per heavy atom. The number of halogens is 1. The molecular weight excluding hydrogens is 319 g/mol. The minimum Gasteiger partial charge on any atom is -0.482 e. The second kappa shape index (κ2) is 6.69. The minimum atomic E-state index is -0.913. The van der Waals surface area contributed by atoms with Crippen LogP contribution in [0.1, 0.15) is 22.7 Å².